The highest BCUT2D eigenvalue weighted by Crippen LogP contribution is 2.33. The van der Waals surface area contributed by atoms with Gasteiger partial charge in [-0.2, -0.15) is 0 Å². The number of rotatable bonds is 4. The van der Waals surface area contributed by atoms with Crippen LogP contribution in [0.5, 0.6) is 11.5 Å². The molecule has 5 heteroatoms. The largest absolute Gasteiger partial charge is 0.504 e. The van der Waals surface area contributed by atoms with E-state index >= 15 is 0 Å². The molecule has 0 unspecified atom stereocenters. The average Bonchev–Trinajstić information content (AvgIpc) is 2.25. The average molecular weight is 255 g/mol. The SMILES string of the molecule is COc1ccc(C=CC(=O)Cl)c(C(C)=O)c1O. The summed E-state index contributed by atoms with van der Waals surface area (Å²) in [6, 6.07) is 3.06. The van der Waals surface area contributed by atoms with E-state index in [2.05, 4.69) is 0 Å². The third-order valence-corrected chi connectivity index (χ3v) is 2.27. The van der Waals surface area contributed by atoms with Crippen LogP contribution in [0.2, 0.25) is 0 Å². The number of halogens is 1. The molecule has 0 aliphatic rings. The van der Waals surface area contributed by atoms with Crippen LogP contribution in [0.4, 0.5) is 0 Å². The van der Waals surface area contributed by atoms with Gasteiger partial charge in [-0.3, -0.25) is 9.59 Å². The Labute approximate surface area is 103 Å². The molecule has 0 fully saturated rings. The lowest BCUT2D eigenvalue weighted by Gasteiger charge is -2.09. The van der Waals surface area contributed by atoms with Crippen molar-refractivity contribution in [2.45, 2.75) is 6.92 Å². The van der Waals surface area contributed by atoms with E-state index in [1.54, 1.807) is 6.07 Å². The first-order chi connectivity index (χ1) is 7.97. The van der Waals surface area contributed by atoms with E-state index in [0.717, 1.165) is 6.08 Å². The number of ether oxygens (including phenoxy) is 1. The molecule has 0 spiro atoms. The van der Waals surface area contributed by atoms with Crippen molar-refractivity contribution in [3.63, 3.8) is 0 Å². The van der Waals surface area contributed by atoms with Crippen molar-refractivity contribution in [1.82, 2.24) is 0 Å². The van der Waals surface area contributed by atoms with Crippen LogP contribution in [-0.2, 0) is 4.79 Å². The van der Waals surface area contributed by atoms with Crippen LogP contribution in [0, 0.1) is 0 Å². The molecule has 0 aliphatic carbocycles. The summed E-state index contributed by atoms with van der Waals surface area (Å²) in [6.45, 7) is 1.31. The molecule has 1 aromatic carbocycles. The van der Waals surface area contributed by atoms with Crippen molar-refractivity contribution in [2.75, 3.05) is 7.11 Å². The monoisotopic (exact) mass is 254 g/mol. The van der Waals surface area contributed by atoms with Crippen LogP contribution in [0.15, 0.2) is 18.2 Å². The Morgan fingerprint density at radius 2 is 2.06 bits per heavy atom. The molecule has 0 heterocycles. The Balaban J connectivity index is 3.36. The second kappa shape index (κ2) is 5.50. The molecule has 90 valence electrons. The van der Waals surface area contributed by atoms with Crippen molar-refractivity contribution in [3.8, 4) is 11.5 Å². The molecule has 0 radical (unpaired) electrons. The quantitative estimate of drug-likeness (QED) is 0.509. The number of phenolic OH excluding ortho intramolecular Hbond substituents is 1. The lowest BCUT2D eigenvalue weighted by atomic mass is 10.0. The predicted molar refractivity (Wildman–Crippen MR) is 64.6 cm³/mol. The van der Waals surface area contributed by atoms with Crippen LogP contribution < -0.4 is 4.74 Å². The molecule has 1 N–H and O–H groups in total. The van der Waals surface area contributed by atoms with E-state index in [1.165, 1.54) is 26.2 Å². The van der Waals surface area contributed by atoms with Crippen LogP contribution in [-0.4, -0.2) is 23.2 Å². The maximum Gasteiger partial charge on any atom is 0.245 e. The zero-order chi connectivity index (χ0) is 13.0. The standard InChI is InChI=1S/C12H11ClO4/c1-7(14)11-8(4-6-10(13)15)3-5-9(17-2)12(11)16/h3-6,16H,1-2H3. The first kappa shape index (κ1) is 13.3. The molecule has 0 saturated heterocycles. The van der Waals surface area contributed by atoms with Gasteiger partial charge in [0.25, 0.3) is 0 Å². The first-order valence-electron chi connectivity index (χ1n) is 4.75. The number of ketones is 1. The second-order valence-electron chi connectivity index (χ2n) is 3.27. The van der Waals surface area contributed by atoms with Crippen LogP contribution in [0.3, 0.4) is 0 Å². The van der Waals surface area contributed by atoms with Crippen molar-refractivity contribution < 1.29 is 19.4 Å². The number of carbonyl (C=O) groups excluding carboxylic acids is 2. The van der Waals surface area contributed by atoms with E-state index in [9.17, 15) is 14.7 Å². The summed E-state index contributed by atoms with van der Waals surface area (Å²) in [6.07, 6.45) is 2.47. The van der Waals surface area contributed by atoms with Crippen LogP contribution in [0.1, 0.15) is 22.8 Å². The van der Waals surface area contributed by atoms with E-state index in [0.29, 0.717) is 5.56 Å². The zero-order valence-corrected chi connectivity index (χ0v) is 10.1. The molecule has 0 aliphatic heterocycles. The number of carbonyl (C=O) groups is 2. The van der Waals surface area contributed by atoms with E-state index < -0.39 is 5.24 Å². The predicted octanol–water partition coefficient (Wildman–Crippen LogP) is 2.38. The fraction of sp³-hybridized carbons (Fsp3) is 0.167. The number of aromatic hydroxyl groups is 1. The summed E-state index contributed by atoms with van der Waals surface area (Å²) in [5.74, 6) is -0.378. The molecular weight excluding hydrogens is 244 g/mol. The first-order valence-corrected chi connectivity index (χ1v) is 5.13. The summed E-state index contributed by atoms with van der Waals surface area (Å²) in [5.41, 5.74) is 0.503. The zero-order valence-electron chi connectivity index (χ0n) is 9.36. The van der Waals surface area contributed by atoms with E-state index in [-0.39, 0.29) is 22.8 Å². The molecular formula is C12H11ClO4. The molecule has 0 aromatic heterocycles. The van der Waals surface area contributed by atoms with Crippen molar-refractivity contribution in [2.24, 2.45) is 0 Å². The Morgan fingerprint density at radius 1 is 1.41 bits per heavy atom. The fourth-order valence-corrected chi connectivity index (χ4v) is 1.48. The summed E-state index contributed by atoms with van der Waals surface area (Å²) < 4.78 is 4.90. The Morgan fingerprint density at radius 3 is 2.53 bits per heavy atom. The lowest BCUT2D eigenvalue weighted by Crippen LogP contribution is -1.99. The molecule has 1 rings (SSSR count). The smallest absolute Gasteiger partial charge is 0.245 e. The third-order valence-electron chi connectivity index (χ3n) is 2.14. The number of benzene rings is 1. The van der Waals surface area contributed by atoms with Gasteiger partial charge in [0.15, 0.2) is 17.3 Å². The van der Waals surface area contributed by atoms with Crippen molar-refractivity contribution >= 4 is 28.7 Å². The van der Waals surface area contributed by atoms with Gasteiger partial charge in [0, 0.05) is 0 Å². The van der Waals surface area contributed by atoms with Crippen molar-refractivity contribution in [1.29, 1.82) is 0 Å². The minimum Gasteiger partial charge on any atom is -0.504 e. The molecule has 4 nitrogen and oxygen atoms in total. The fourth-order valence-electron chi connectivity index (χ4n) is 1.42. The number of allylic oxidation sites excluding steroid dienone is 1. The van der Waals surface area contributed by atoms with Crippen LogP contribution >= 0.6 is 11.6 Å². The second-order valence-corrected chi connectivity index (χ2v) is 3.65. The van der Waals surface area contributed by atoms with E-state index in [4.69, 9.17) is 16.3 Å². The van der Waals surface area contributed by atoms with Gasteiger partial charge in [-0.05, 0) is 42.3 Å². The molecule has 17 heavy (non-hydrogen) atoms. The Bertz CT molecular complexity index is 492. The number of methoxy groups -OCH3 is 1. The number of hydrogen-bond donors (Lipinski definition) is 1. The van der Waals surface area contributed by atoms with Gasteiger partial charge in [0.2, 0.25) is 5.24 Å². The van der Waals surface area contributed by atoms with Gasteiger partial charge in [-0.1, -0.05) is 6.07 Å². The van der Waals surface area contributed by atoms with Gasteiger partial charge in [0.1, 0.15) is 0 Å². The molecule has 1 aromatic rings. The highest BCUT2D eigenvalue weighted by Gasteiger charge is 2.15. The molecule has 0 amide bonds. The number of phenols is 1. The summed E-state index contributed by atoms with van der Waals surface area (Å²) in [5, 5.41) is 9.15. The third kappa shape index (κ3) is 3.07. The highest BCUT2D eigenvalue weighted by atomic mass is 35.5. The minimum absolute atomic E-state index is 0.0958. The van der Waals surface area contributed by atoms with Gasteiger partial charge >= 0.3 is 0 Å². The van der Waals surface area contributed by atoms with Gasteiger partial charge in [-0.25, -0.2) is 0 Å². The molecule has 0 bridgehead atoms. The van der Waals surface area contributed by atoms with E-state index in [1.807, 2.05) is 0 Å². The highest BCUT2D eigenvalue weighted by molar-refractivity contribution is 6.66. The lowest BCUT2D eigenvalue weighted by molar-refractivity contribution is -0.107. The van der Waals surface area contributed by atoms with Gasteiger partial charge in [0.05, 0.1) is 12.7 Å². The molecule has 0 saturated carbocycles. The number of hydrogen-bond acceptors (Lipinski definition) is 4. The van der Waals surface area contributed by atoms with Gasteiger partial charge < -0.3 is 9.84 Å². The normalized spacial score (nSPS) is 10.5. The van der Waals surface area contributed by atoms with Crippen molar-refractivity contribution in [3.05, 3.63) is 29.3 Å². The summed E-state index contributed by atoms with van der Waals surface area (Å²) in [7, 11) is 1.39. The van der Waals surface area contributed by atoms with Crippen LogP contribution in [0.25, 0.3) is 6.08 Å². The topological polar surface area (TPSA) is 63.6 Å². The Kier molecular flexibility index (Phi) is 4.29. The minimum atomic E-state index is -0.658. The number of Topliss-reactive ketones (excluding diaryl/α,β-unsaturated/α-hetero) is 1. The Hall–Kier alpha value is -1.81. The maximum absolute atomic E-state index is 11.4. The summed E-state index contributed by atoms with van der Waals surface area (Å²) in [4.78, 5) is 22.0. The summed E-state index contributed by atoms with van der Waals surface area (Å²) >= 11 is 5.16. The van der Waals surface area contributed by atoms with Gasteiger partial charge in [-0.15, -0.1) is 0 Å². The molecule has 0 atom stereocenters. The maximum atomic E-state index is 11.4.